The molecule has 4 N–H and O–H groups in total. The molecule has 3 rings (SSSR count). The summed E-state index contributed by atoms with van der Waals surface area (Å²) in [7, 11) is 1.61. The number of hydrogen-bond acceptors (Lipinski definition) is 6. The lowest BCUT2D eigenvalue weighted by Crippen LogP contribution is -2.30. The minimum Gasteiger partial charge on any atom is -0.497 e. The van der Waals surface area contributed by atoms with Gasteiger partial charge in [0.15, 0.2) is 5.82 Å². The van der Waals surface area contributed by atoms with Gasteiger partial charge in [-0.25, -0.2) is 0 Å². The summed E-state index contributed by atoms with van der Waals surface area (Å²) in [6.07, 6.45) is 0.344. The fraction of sp³-hybridized carbons (Fsp3) is 0.150. The van der Waals surface area contributed by atoms with Crippen molar-refractivity contribution in [1.29, 1.82) is 10.8 Å². The van der Waals surface area contributed by atoms with Crippen LogP contribution >= 0.6 is 0 Å². The predicted molar refractivity (Wildman–Crippen MR) is 104 cm³/mol. The van der Waals surface area contributed by atoms with Crippen LogP contribution in [0.5, 0.6) is 5.75 Å². The third kappa shape index (κ3) is 4.59. The quantitative estimate of drug-likeness (QED) is 0.399. The van der Waals surface area contributed by atoms with E-state index in [1.807, 2.05) is 48.5 Å². The Balaban J connectivity index is 1.79. The van der Waals surface area contributed by atoms with Crippen LogP contribution in [0, 0.1) is 10.8 Å². The molecule has 0 spiro atoms. The Morgan fingerprint density at radius 2 is 1.89 bits per heavy atom. The summed E-state index contributed by atoms with van der Waals surface area (Å²) in [6.45, 7) is -0.0406. The Hall–Kier alpha value is -3.45. The van der Waals surface area contributed by atoms with E-state index in [-0.39, 0.29) is 17.9 Å². The molecule has 7 heteroatoms. The Morgan fingerprint density at radius 3 is 2.59 bits per heavy atom. The maximum atomic E-state index is 9.25. The van der Waals surface area contributed by atoms with Gasteiger partial charge in [-0.15, -0.1) is 5.10 Å². The largest absolute Gasteiger partial charge is 0.497 e. The van der Waals surface area contributed by atoms with Crippen LogP contribution in [0.3, 0.4) is 0 Å². The van der Waals surface area contributed by atoms with Crippen LogP contribution in [0.25, 0.3) is 0 Å². The van der Waals surface area contributed by atoms with Crippen molar-refractivity contribution in [2.75, 3.05) is 12.4 Å². The van der Waals surface area contributed by atoms with Gasteiger partial charge in [-0.05, 0) is 47.5 Å². The molecule has 138 valence electrons. The second-order valence-electron chi connectivity index (χ2n) is 5.97. The summed E-state index contributed by atoms with van der Waals surface area (Å²) < 4.78 is 6.44. The normalized spacial score (nSPS) is 10.4. The van der Waals surface area contributed by atoms with Crippen molar-refractivity contribution >= 4 is 17.3 Å². The van der Waals surface area contributed by atoms with Crippen molar-refractivity contribution in [3.8, 4) is 5.75 Å². The van der Waals surface area contributed by atoms with E-state index >= 15 is 0 Å². The third-order valence-electron chi connectivity index (χ3n) is 4.00. The van der Waals surface area contributed by atoms with E-state index in [0.717, 1.165) is 22.6 Å². The molecule has 3 aromatic rings. The summed E-state index contributed by atoms with van der Waals surface area (Å²) in [5.74, 6) is 1.46. The number of aliphatic hydroxyl groups is 1. The van der Waals surface area contributed by atoms with Crippen molar-refractivity contribution in [3.05, 3.63) is 77.3 Å². The van der Waals surface area contributed by atoms with Gasteiger partial charge in [0.25, 0.3) is 0 Å². The van der Waals surface area contributed by atoms with Gasteiger partial charge < -0.3 is 15.2 Å². The number of benzene rings is 2. The fourth-order valence-corrected chi connectivity index (χ4v) is 2.60. The molecule has 0 radical (unpaired) electrons. The molecule has 2 aromatic carbocycles. The van der Waals surface area contributed by atoms with Crippen molar-refractivity contribution < 1.29 is 9.84 Å². The molecule has 0 amide bonds. The average molecular weight is 363 g/mol. The Bertz CT molecular complexity index is 996. The van der Waals surface area contributed by atoms with Gasteiger partial charge in [-0.2, -0.15) is 4.68 Å². The van der Waals surface area contributed by atoms with Crippen molar-refractivity contribution in [2.24, 2.45) is 0 Å². The number of ether oxygens (including phenoxy) is 1. The molecule has 1 aromatic heterocycles. The van der Waals surface area contributed by atoms with E-state index in [1.165, 1.54) is 4.68 Å². The van der Waals surface area contributed by atoms with Crippen LogP contribution < -0.4 is 15.5 Å². The zero-order valence-corrected chi connectivity index (χ0v) is 14.9. The molecular weight excluding hydrogens is 342 g/mol. The lowest BCUT2D eigenvalue weighted by molar-refractivity contribution is 0.282. The molecule has 0 aliphatic heterocycles. The molecule has 0 saturated heterocycles. The SMILES string of the molecule is COc1ccc(CC(=N)n2nc(Nc3cccc(CO)c3)ccc2=N)cc1. The summed E-state index contributed by atoms with van der Waals surface area (Å²) in [5, 5.41) is 33.1. The minimum absolute atomic E-state index is 0.0406. The van der Waals surface area contributed by atoms with Crippen LogP contribution in [0.4, 0.5) is 11.5 Å². The first kappa shape index (κ1) is 18.3. The van der Waals surface area contributed by atoms with Gasteiger partial charge in [-0.3, -0.25) is 10.8 Å². The lowest BCUT2D eigenvalue weighted by atomic mass is 10.1. The highest BCUT2D eigenvalue weighted by molar-refractivity contribution is 5.83. The first-order valence-electron chi connectivity index (χ1n) is 8.41. The molecule has 0 atom stereocenters. The lowest BCUT2D eigenvalue weighted by Gasteiger charge is -2.12. The molecule has 0 fully saturated rings. The zero-order valence-electron chi connectivity index (χ0n) is 14.9. The number of nitrogens with one attached hydrogen (secondary N) is 3. The highest BCUT2D eigenvalue weighted by atomic mass is 16.5. The molecule has 0 aliphatic carbocycles. The number of aliphatic hydroxyl groups excluding tert-OH is 1. The van der Waals surface area contributed by atoms with Gasteiger partial charge in [0.1, 0.15) is 17.1 Å². The molecule has 0 aliphatic rings. The van der Waals surface area contributed by atoms with Gasteiger partial charge in [0, 0.05) is 12.1 Å². The average Bonchev–Trinajstić information content (AvgIpc) is 2.70. The van der Waals surface area contributed by atoms with Crippen LogP contribution in [0.1, 0.15) is 11.1 Å². The van der Waals surface area contributed by atoms with Crippen molar-refractivity contribution in [3.63, 3.8) is 0 Å². The molecule has 0 saturated carbocycles. The van der Waals surface area contributed by atoms with Crippen LogP contribution in [-0.4, -0.2) is 27.8 Å². The zero-order chi connectivity index (χ0) is 19.2. The second kappa shape index (κ2) is 8.29. The predicted octanol–water partition coefficient (Wildman–Crippen LogP) is 2.68. The van der Waals surface area contributed by atoms with Gasteiger partial charge in [0.2, 0.25) is 0 Å². The van der Waals surface area contributed by atoms with Gasteiger partial charge in [0.05, 0.1) is 13.7 Å². The van der Waals surface area contributed by atoms with Crippen LogP contribution in [0.2, 0.25) is 0 Å². The van der Waals surface area contributed by atoms with E-state index in [9.17, 15) is 5.11 Å². The van der Waals surface area contributed by atoms with E-state index < -0.39 is 0 Å². The number of anilines is 2. The minimum atomic E-state index is -0.0406. The van der Waals surface area contributed by atoms with Crippen molar-refractivity contribution in [1.82, 2.24) is 9.78 Å². The number of methoxy groups -OCH3 is 1. The number of nitrogens with zero attached hydrogens (tertiary/aromatic N) is 2. The third-order valence-corrected chi connectivity index (χ3v) is 4.00. The van der Waals surface area contributed by atoms with Gasteiger partial charge >= 0.3 is 0 Å². The summed E-state index contributed by atoms with van der Waals surface area (Å²) in [6, 6.07) is 18.1. The fourth-order valence-electron chi connectivity index (χ4n) is 2.60. The molecule has 0 bridgehead atoms. The topological polar surface area (TPSA) is 107 Å². The maximum absolute atomic E-state index is 9.25. The smallest absolute Gasteiger partial charge is 0.151 e. The number of rotatable bonds is 6. The highest BCUT2D eigenvalue weighted by Crippen LogP contribution is 2.15. The van der Waals surface area contributed by atoms with Crippen molar-refractivity contribution in [2.45, 2.75) is 13.0 Å². The summed E-state index contributed by atoms with van der Waals surface area (Å²) in [4.78, 5) is 0. The van der Waals surface area contributed by atoms with Crippen LogP contribution in [0.15, 0.2) is 60.7 Å². The number of aromatic nitrogens is 2. The van der Waals surface area contributed by atoms with Crippen LogP contribution in [-0.2, 0) is 13.0 Å². The van der Waals surface area contributed by atoms with Gasteiger partial charge in [-0.1, -0.05) is 24.3 Å². The summed E-state index contributed by atoms with van der Waals surface area (Å²) >= 11 is 0. The Kier molecular flexibility index (Phi) is 5.63. The first-order chi connectivity index (χ1) is 13.1. The first-order valence-corrected chi connectivity index (χ1v) is 8.41. The second-order valence-corrected chi connectivity index (χ2v) is 5.97. The Labute approximate surface area is 156 Å². The monoisotopic (exact) mass is 363 g/mol. The molecule has 27 heavy (non-hydrogen) atoms. The van der Waals surface area contributed by atoms with E-state index in [2.05, 4.69) is 10.4 Å². The van der Waals surface area contributed by atoms with E-state index in [4.69, 9.17) is 15.6 Å². The molecule has 1 heterocycles. The molecule has 7 nitrogen and oxygen atoms in total. The van der Waals surface area contributed by atoms with E-state index in [0.29, 0.717) is 12.2 Å². The Morgan fingerprint density at radius 1 is 1.11 bits per heavy atom. The van der Waals surface area contributed by atoms with E-state index in [1.54, 1.807) is 19.2 Å². The standard InChI is InChI=1S/C20H21N5O2/c1-27-17-7-5-14(6-8-17)12-19(22)25-18(21)9-10-20(24-25)23-16-4-2-3-15(11-16)13-26/h2-11,21-22,26H,12-13H2,1H3,(H,23,24). The summed E-state index contributed by atoms with van der Waals surface area (Å²) in [5.41, 5.74) is 2.63. The number of hydrogen-bond donors (Lipinski definition) is 4. The maximum Gasteiger partial charge on any atom is 0.151 e. The highest BCUT2D eigenvalue weighted by Gasteiger charge is 2.07. The molecular formula is C20H21N5O2. The molecule has 0 unspecified atom stereocenters.